The van der Waals surface area contributed by atoms with Gasteiger partial charge in [-0.1, -0.05) is 29.8 Å². The van der Waals surface area contributed by atoms with E-state index in [9.17, 15) is 0 Å². The van der Waals surface area contributed by atoms with E-state index in [2.05, 4.69) is 15.0 Å². The lowest BCUT2D eigenvalue weighted by molar-refractivity contribution is 1.21. The highest BCUT2D eigenvalue weighted by Crippen LogP contribution is 2.29. The van der Waals surface area contributed by atoms with Crippen LogP contribution in [0.15, 0.2) is 48.9 Å². The number of halogens is 1. The molecule has 0 radical (unpaired) electrons. The summed E-state index contributed by atoms with van der Waals surface area (Å²) in [5.74, 6) is 0. The topological polar surface area (TPSA) is 38.7 Å². The molecule has 17 heavy (non-hydrogen) atoms. The SMILES string of the molecule is Clc1nccnc1-c1ccnc2ccccc12. The van der Waals surface area contributed by atoms with Crippen molar-refractivity contribution in [3.63, 3.8) is 0 Å². The van der Waals surface area contributed by atoms with Gasteiger partial charge >= 0.3 is 0 Å². The number of hydrogen-bond acceptors (Lipinski definition) is 3. The molecule has 0 amide bonds. The molecule has 0 aliphatic carbocycles. The Morgan fingerprint density at radius 3 is 2.53 bits per heavy atom. The molecule has 0 atom stereocenters. The number of fused-ring (bicyclic) bond motifs is 1. The lowest BCUT2D eigenvalue weighted by Crippen LogP contribution is -1.89. The van der Waals surface area contributed by atoms with Crippen LogP contribution in [0.3, 0.4) is 0 Å². The van der Waals surface area contributed by atoms with Gasteiger partial charge in [-0.2, -0.15) is 0 Å². The van der Waals surface area contributed by atoms with E-state index in [4.69, 9.17) is 11.6 Å². The third-order valence-corrected chi connectivity index (χ3v) is 2.83. The quantitative estimate of drug-likeness (QED) is 0.656. The summed E-state index contributed by atoms with van der Waals surface area (Å²) in [4.78, 5) is 12.6. The second-order valence-electron chi connectivity index (χ2n) is 3.57. The van der Waals surface area contributed by atoms with E-state index >= 15 is 0 Å². The maximum absolute atomic E-state index is 6.07. The van der Waals surface area contributed by atoms with E-state index in [0.29, 0.717) is 10.8 Å². The van der Waals surface area contributed by atoms with Crippen LogP contribution in [0, 0.1) is 0 Å². The van der Waals surface area contributed by atoms with E-state index < -0.39 is 0 Å². The van der Waals surface area contributed by atoms with E-state index in [0.717, 1.165) is 16.5 Å². The highest BCUT2D eigenvalue weighted by atomic mass is 35.5. The minimum Gasteiger partial charge on any atom is -0.256 e. The zero-order valence-electron chi connectivity index (χ0n) is 8.84. The van der Waals surface area contributed by atoms with Gasteiger partial charge in [-0.15, -0.1) is 0 Å². The van der Waals surface area contributed by atoms with Crippen LogP contribution in [0.4, 0.5) is 0 Å². The molecule has 3 nitrogen and oxygen atoms in total. The van der Waals surface area contributed by atoms with Crippen molar-refractivity contribution in [2.24, 2.45) is 0 Å². The number of nitrogens with zero attached hydrogens (tertiary/aromatic N) is 3. The average Bonchev–Trinajstić information content (AvgIpc) is 2.39. The van der Waals surface area contributed by atoms with Crippen molar-refractivity contribution in [3.8, 4) is 11.3 Å². The van der Waals surface area contributed by atoms with Gasteiger partial charge in [-0.3, -0.25) is 9.97 Å². The van der Waals surface area contributed by atoms with Gasteiger partial charge in [-0.05, 0) is 12.1 Å². The summed E-state index contributed by atoms with van der Waals surface area (Å²) in [6, 6.07) is 9.79. The van der Waals surface area contributed by atoms with Crippen LogP contribution in [-0.4, -0.2) is 15.0 Å². The molecule has 3 rings (SSSR count). The minimum atomic E-state index is 0.406. The first-order valence-corrected chi connectivity index (χ1v) is 5.55. The summed E-state index contributed by atoms with van der Waals surface area (Å²) < 4.78 is 0. The summed E-state index contributed by atoms with van der Waals surface area (Å²) in [5.41, 5.74) is 2.56. The Bertz CT molecular complexity index is 677. The Labute approximate surface area is 103 Å². The zero-order chi connectivity index (χ0) is 11.7. The van der Waals surface area contributed by atoms with Gasteiger partial charge in [0, 0.05) is 29.5 Å². The van der Waals surface area contributed by atoms with Crippen LogP contribution < -0.4 is 0 Å². The van der Waals surface area contributed by atoms with Crippen LogP contribution in [0.5, 0.6) is 0 Å². The van der Waals surface area contributed by atoms with E-state index in [1.54, 1.807) is 18.6 Å². The van der Waals surface area contributed by atoms with Gasteiger partial charge in [-0.25, -0.2) is 4.98 Å². The number of pyridine rings is 1. The average molecular weight is 242 g/mol. The third-order valence-electron chi connectivity index (χ3n) is 2.56. The monoisotopic (exact) mass is 241 g/mol. The summed E-state index contributed by atoms with van der Waals surface area (Å²) >= 11 is 6.07. The van der Waals surface area contributed by atoms with Crippen molar-refractivity contribution in [1.29, 1.82) is 0 Å². The predicted molar refractivity (Wildman–Crippen MR) is 67.8 cm³/mol. The number of benzene rings is 1. The Kier molecular flexibility index (Phi) is 2.46. The summed E-state index contributed by atoms with van der Waals surface area (Å²) in [6.45, 7) is 0. The lowest BCUT2D eigenvalue weighted by atomic mass is 10.1. The molecular formula is C13H8ClN3. The first kappa shape index (κ1) is 10.2. The Hall–Kier alpha value is -2.00. The molecule has 0 saturated heterocycles. The Balaban J connectivity index is 2.35. The predicted octanol–water partition coefficient (Wildman–Crippen LogP) is 3.35. The van der Waals surface area contributed by atoms with Gasteiger partial charge in [0.05, 0.1) is 5.52 Å². The van der Waals surface area contributed by atoms with Crippen LogP contribution in [-0.2, 0) is 0 Å². The first-order valence-electron chi connectivity index (χ1n) is 5.17. The molecule has 2 heterocycles. The minimum absolute atomic E-state index is 0.406. The Morgan fingerprint density at radius 2 is 1.65 bits per heavy atom. The first-order chi connectivity index (χ1) is 8.36. The molecule has 3 aromatic rings. The molecule has 0 N–H and O–H groups in total. The number of para-hydroxylation sites is 1. The van der Waals surface area contributed by atoms with Crippen molar-refractivity contribution in [2.75, 3.05) is 0 Å². The number of rotatable bonds is 1. The van der Waals surface area contributed by atoms with E-state index in [-0.39, 0.29) is 0 Å². The molecule has 0 saturated carbocycles. The lowest BCUT2D eigenvalue weighted by Gasteiger charge is -2.05. The molecule has 2 aromatic heterocycles. The Morgan fingerprint density at radius 1 is 0.824 bits per heavy atom. The smallest absolute Gasteiger partial charge is 0.155 e. The number of aromatic nitrogens is 3. The van der Waals surface area contributed by atoms with Gasteiger partial charge < -0.3 is 0 Å². The molecule has 82 valence electrons. The summed E-state index contributed by atoms with van der Waals surface area (Å²) in [7, 11) is 0. The van der Waals surface area contributed by atoms with Crippen molar-refractivity contribution >= 4 is 22.5 Å². The number of hydrogen-bond donors (Lipinski definition) is 0. The fraction of sp³-hybridized carbons (Fsp3) is 0. The van der Waals surface area contributed by atoms with Crippen molar-refractivity contribution in [1.82, 2.24) is 15.0 Å². The molecule has 1 aromatic carbocycles. The van der Waals surface area contributed by atoms with Crippen molar-refractivity contribution in [3.05, 3.63) is 54.1 Å². The van der Waals surface area contributed by atoms with Gasteiger partial charge in [0.2, 0.25) is 0 Å². The molecule has 0 spiro atoms. The fourth-order valence-corrected chi connectivity index (χ4v) is 2.01. The van der Waals surface area contributed by atoms with Gasteiger partial charge in [0.25, 0.3) is 0 Å². The maximum Gasteiger partial charge on any atom is 0.155 e. The molecule has 0 aliphatic heterocycles. The van der Waals surface area contributed by atoms with Crippen LogP contribution in [0.1, 0.15) is 0 Å². The summed E-state index contributed by atoms with van der Waals surface area (Å²) in [5, 5.41) is 1.43. The largest absolute Gasteiger partial charge is 0.256 e. The van der Waals surface area contributed by atoms with Gasteiger partial charge in [0.1, 0.15) is 5.69 Å². The third kappa shape index (κ3) is 1.74. The zero-order valence-corrected chi connectivity index (χ0v) is 9.59. The molecule has 0 bridgehead atoms. The summed E-state index contributed by atoms with van der Waals surface area (Å²) in [6.07, 6.45) is 4.97. The fourth-order valence-electron chi connectivity index (χ4n) is 1.80. The molecule has 0 unspecified atom stereocenters. The highest BCUT2D eigenvalue weighted by molar-refractivity contribution is 6.32. The molecule has 4 heteroatoms. The molecule has 0 fully saturated rings. The van der Waals surface area contributed by atoms with Crippen molar-refractivity contribution in [2.45, 2.75) is 0 Å². The highest BCUT2D eigenvalue weighted by Gasteiger charge is 2.09. The molecule has 0 aliphatic rings. The van der Waals surface area contributed by atoms with Crippen LogP contribution >= 0.6 is 11.6 Å². The van der Waals surface area contributed by atoms with Crippen molar-refractivity contribution < 1.29 is 0 Å². The normalized spacial score (nSPS) is 10.6. The molecular weight excluding hydrogens is 234 g/mol. The van der Waals surface area contributed by atoms with Crippen LogP contribution in [0.2, 0.25) is 5.15 Å². The second kappa shape index (κ2) is 4.11. The standard InChI is InChI=1S/C13H8ClN3/c14-13-12(16-7-8-17-13)10-5-6-15-11-4-2-1-3-9(10)11/h1-8H. The maximum atomic E-state index is 6.07. The van der Waals surface area contributed by atoms with E-state index in [1.165, 1.54) is 0 Å². The van der Waals surface area contributed by atoms with Crippen LogP contribution in [0.25, 0.3) is 22.2 Å². The van der Waals surface area contributed by atoms with Gasteiger partial charge in [0.15, 0.2) is 5.15 Å². The second-order valence-corrected chi connectivity index (χ2v) is 3.93. The van der Waals surface area contributed by atoms with E-state index in [1.807, 2.05) is 30.3 Å².